The molecule has 3 aromatic rings. The summed E-state index contributed by atoms with van der Waals surface area (Å²) in [6.45, 7) is 1.84. The van der Waals surface area contributed by atoms with Crippen molar-refractivity contribution in [2.45, 2.75) is 18.4 Å². The first-order chi connectivity index (χ1) is 12.8. The van der Waals surface area contributed by atoms with E-state index in [2.05, 4.69) is 25.7 Å². The fourth-order valence-corrected chi connectivity index (χ4v) is 4.21. The van der Waals surface area contributed by atoms with Crippen LogP contribution >= 0.6 is 23.4 Å². The van der Waals surface area contributed by atoms with Gasteiger partial charge < -0.3 is 9.47 Å². The van der Waals surface area contributed by atoms with E-state index in [1.807, 2.05) is 36.4 Å². The van der Waals surface area contributed by atoms with Crippen molar-refractivity contribution in [3.8, 4) is 22.9 Å². The number of halogens is 1. The van der Waals surface area contributed by atoms with Gasteiger partial charge in [0.1, 0.15) is 0 Å². The third-order valence-electron chi connectivity index (χ3n) is 4.36. The third-order valence-corrected chi connectivity index (χ3v) is 5.65. The molecule has 0 saturated heterocycles. The van der Waals surface area contributed by atoms with Crippen molar-refractivity contribution in [1.82, 2.24) is 19.7 Å². The van der Waals surface area contributed by atoms with Gasteiger partial charge in [-0.3, -0.25) is 9.47 Å². The van der Waals surface area contributed by atoms with E-state index in [0.717, 1.165) is 47.1 Å². The minimum atomic E-state index is 0.297. The van der Waals surface area contributed by atoms with Crippen LogP contribution in [0.3, 0.4) is 0 Å². The lowest BCUT2D eigenvalue weighted by atomic mass is 10.2. The van der Waals surface area contributed by atoms with E-state index in [0.29, 0.717) is 11.8 Å². The van der Waals surface area contributed by atoms with Gasteiger partial charge in [-0.1, -0.05) is 41.6 Å². The predicted octanol–water partition coefficient (Wildman–Crippen LogP) is 3.85. The van der Waals surface area contributed by atoms with Crippen molar-refractivity contribution in [1.29, 1.82) is 0 Å². The topological polar surface area (TPSA) is 52.4 Å². The van der Waals surface area contributed by atoms with Gasteiger partial charge in [0.25, 0.3) is 0 Å². The highest BCUT2D eigenvalue weighted by atomic mass is 35.5. The van der Waals surface area contributed by atoms with Gasteiger partial charge in [-0.2, -0.15) is 0 Å². The molecule has 0 amide bonds. The van der Waals surface area contributed by atoms with E-state index in [-0.39, 0.29) is 0 Å². The van der Waals surface area contributed by atoms with E-state index >= 15 is 0 Å². The number of rotatable bonds is 3. The van der Waals surface area contributed by atoms with Gasteiger partial charge in [0.15, 0.2) is 22.5 Å². The van der Waals surface area contributed by atoms with Crippen LogP contribution in [-0.4, -0.2) is 32.3 Å². The van der Waals surface area contributed by atoms with Crippen molar-refractivity contribution in [2.24, 2.45) is 0 Å². The zero-order chi connectivity index (χ0) is 17.5. The number of aromatic nitrogens is 3. The van der Waals surface area contributed by atoms with E-state index in [9.17, 15) is 0 Å². The van der Waals surface area contributed by atoms with Crippen molar-refractivity contribution < 1.29 is 9.47 Å². The highest BCUT2D eigenvalue weighted by molar-refractivity contribution is 7.99. The molecule has 8 heteroatoms. The van der Waals surface area contributed by atoms with Gasteiger partial charge in [0, 0.05) is 17.1 Å². The summed E-state index contributed by atoms with van der Waals surface area (Å²) in [5.74, 6) is 3.33. The van der Waals surface area contributed by atoms with Crippen LogP contribution in [0.1, 0.15) is 5.56 Å². The number of hydrogen-bond acceptors (Lipinski definition) is 6. The molecule has 0 saturated carbocycles. The van der Waals surface area contributed by atoms with Crippen LogP contribution in [-0.2, 0) is 13.2 Å². The molecule has 0 fully saturated rings. The predicted molar refractivity (Wildman–Crippen MR) is 99.3 cm³/mol. The molecule has 0 aliphatic carbocycles. The molecule has 0 bridgehead atoms. The quantitative estimate of drug-likeness (QED) is 0.681. The zero-order valence-electron chi connectivity index (χ0n) is 13.8. The Hall–Kier alpha value is -2.22. The second-order valence-corrected chi connectivity index (χ2v) is 7.52. The van der Waals surface area contributed by atoms with Gasteiger partial charge in [-0.15, -0.1) is 10.2 Å². The third kappa shape index (κ3) is 2.92. The minimum absolute atomic E-state index is 0.297. The first kappa shape index (κ1) is 16.0. The lowest BCUT2D eigenvalue weighted by Gasteiger charge is -2.27. The fraction of sp³-hybridized carbons (Fsp3) is 0.222. The first-order valence-electron chi connectivity index (χ1n) is 8.19. The van der Waals surface area contributed by atoms with Gasteiger partial charge in [0.2, 0.25) is 6.79 Å². The average molecular weight is 387 g/mol. The number of thioether (sulfide) groups is 1. The molecule has 1 aromatic heterocycles. The number of hydrogen-bond donors (Lipinski definition) is 0. The molecule has 0 N–H and O–H groups in total. The zero-order valence-corrected chi connectivity index (χ0v) is 15.3. The van der Waals surface area contributed by atoms with Gasteiger partial charge >= 0.3 is 0 Å². The van der Waals surface area contributed by atoms with Crippen LogP contribution in [0.15, 0.2) is 47.6 Å². The largest absolute Gasteiger partial charge is 0.454 e. The molecule has 6 nitrogen and oxygen atoms in total. The molecule has 26 heavy (non-hydrogen) atoms. The molecule has 132 valence electrons. The Bertz CT molecular complexity index is 978. The summed E-state index contributed by atoms with van der Waals surface area (Å²) in [7, 11) is 0. The van der Waals surface area contributed by atoms with Crippen molar-refractivity contribution in [3.05, 3.63) is 53.1 Å². The second kappa shape index (κ2) is 6.50. The Kier molecular flexibility index (Phi) is 4.00. The summed E-state index contributed by atoms with van der Waals surface area (Å²) in [6.07, 6.45) is 0. The Balaban J connectivity index is 1.39. The minimum Gasteiger partial charge on any atom is -0.454 e. The van der Waals surface area contributed by atoms with E-state index in [4.69, 9.17) is 21.1 Å². The summed E-state index contributed by atoms with van der Waals surface area (Å²) >= 11 is 7.82. The van der Waals surface area contributed by atoms with Crippen molar-refractivity contribution >= 4 is 23.4 Å². The second-order valence-electron chi connectivity index (χ2n) is 6.18. The molecule has 0 atom stereocenters. The Morgan fingerprint density at radius 3 is 2.92 bits per heavy atom. The highest BCUT2D eigenvalue weighted by Crippen LogP contribution is 2.34. The SMILES string of the molecule is Clc1cccc(-c2nnc3n2CN(Cc2ccc4c(c2)OCO4)CS3)c1. The van der Waals surface area contributed by atoms with Crippen LogP contribution in [0.2, 0.25) is 5.02 Å². The number of ether oxygens (including phenoxy) is 2. The highest BCUT2D eigenvalue weighted by Gasteiger charge is 2.23. The monoisotopic (exact) mass is 386 g/mol. The molecule has 5 rings (SSSR count). The lowest BCUT2D eigenvalue weighted by molar-refractivity contribution is 0.174. The van der Waals surface area contributed by atoms with Crippen LogP contribution in [0.5, 0.6) is 11.5 Å². The van der Waals surface area contributed by atoms with E-state index < -0.39 is 0 Å². The maximum atomic E-state index is 6.13. The van der Waals surface area contributed by atoms with Crippen LogP contribution in [0, 0.1) is 0 Å². The summed E-state index contributed by atoms with van der Waals surface area (Å²) in [5.41, 5.74) is 2.16. The molecule has 2 aliphatic rings. The molecule has 3 heterocycles. The summed E-state index contributed by atoms with van der Waals surface area (Å²) in [6, 6.07) is 13.8. The molecular weight excluding hydrogens is 372 g/mol. The van der Waals surface area contributed by atoms with Crippen molar-refractivity contribution in [3.63, 3.8) is 0 Å². The number of fused-ring (bicyclic) bond motifs is 2. The smallest absolute Gasteiger partial charge is 0.231 e. The fourth-order valence-electron chi connectivity index (χ4n) is 3.15. The van der Waals surface area contributed by atoms with Crippen LogP contribution in [0.4, 0.5) is 0 Å². The lowest BCUT2D eigenvalue weighted by Crippen LogP contribution is -2.30. The van der Waals surface area contributed by atoms with Crippen LogP contribution < -0.4 is 9.47 Å². The Labute approximate surface area is 159 Å². The molecule has 2 aliphatic heterocycles. The maximum Gasteiger partial charge on any atom is 0.231 e. The number of benzene rings is 2. The van der Waals surface area contributed by atoms with Crippen LogP contribution in [0.25, 0.3) is 11.4 Å². The summed E-state index contributed by atoms with van der Waals surface area (Å²) < 4.78 is 13.0. The van der Waals surface area contributed by atoms with Gasteiger partial charge in [0.05, 0.1) is 12.5 Å². The molecule has 0 radical (unpaired) electrons. The number of nitrogens with zero attached hydrogens (tertiary/aromatic N) is 4. The Morgan fingerprint density at radius 1 is 1.08 bits per heavy atom. The van der Waals surface area contributed by atoms with Gasteiger partial charge in [-0.25, -0.2) is 0 Å². The van der Waals surface area contributed by atoms with E-state index in [1.165, 1.54) is 5.56 Å². The molecular formula is C18H15ClN4O2S. The maximum absolute atomic E-state index is 6.13. The normalized spacial score (nSPS) is 15.9. The molecule has 2 aromatic carbocycles. The van der Waals surface area contributed by atoms with Crippen molar-refractivity contribution in [2.75, 3.05) is 12.7 Å². The van der Waals surface area contributed by atoms with Gasteiger partial charge in [-0.05, 0) is 29.8 Å². The van der Waals surface area contributed by atoms with E-state index in [1.54, 1.807) is 11.8 Å². The first-order valence-corrected chi connectivity index (χ1v) is 9.55. The average Bonchev–Trinajstić information content (AvgIpc) is 3.27. The standard InChI is InChI=1S/C18H15ClN4O2S/c19-14-3-1-2-13(7-14)17-20-21-18-23(17)9-22(10-26-18)8-12-4-5-15-16(6-12)25-11-24-15/h1-7H,8-11H2. The summed E-state index contributed by atoms with van der Waals surface area (Å²) in [5, 5.41) is 10.3. The molecule has 0 unspecified atom stereocenters. The summed E-state index contributed by atoms with van der Waals surface area (Å²) in [4.78, 5) is 2.34. The molecule has 0 spiro atoms. The Morgan fingerprint density at radius 2 is 2.00 bits per heavy atom.